The van der Waals surface area contributed by atoms with E-state index in [4.69, 9.17) is 23.8 Å². The van der Waals surface area contributed by atoms with Gasteiger partial charge in [0.25, 0.3) is 5.91 Å². The minimum Gasteiger partial charge on any atom is -0.358 e. The Morgan fingerprint density at radius 2 is 1.71 bits per heavy atom. The van der Waals surface area contributed by atoms with E-state index in [1.165, 1.54) is 24.3 Å². The molecule has 8 heteroatoms. The van der Waals surface area contributed by atoms with Crippen LogP contribution in [0, 0.1) is 0 Å². The molecule has 0 atom stereocenters. The summed E-state index contributed by atoms with van der Waals surface area (Å²) in [5, 5.41) is 5.13. The zero-order valence-corrected chi connectivity index (χ0v) is 13.7. The second kappa shape index (κ2) is 7.63. The predicted octanol–water partition coefficient (Wildman–Crippen LogP) is 4.16. The van der Waals surface area contributed by atoms with Gasteiger partial charge in [-0.25, -0.2) is 0 Å². The third-order valence-electron chi connectivity index (χ3n) is 3.11. The Balaban J connectivity index is 2.00. The largest absolute Gasteiger partial charge is 0.416 e. The van der Waals surface area contributed by atoms with Gasteiger partial charge in [0, 0.05) is 6.54 Å². The minimum absolute atomic E-state index is 0.0272. The Morgan fingerprint density at radius 1 is 1.08 bits per heavy atom. The average Bonchev–Trinajstić information content (AvgIpc) is 2.52. The number of thiocarbonyl (C=S) groups is 1. The highest BCUT2D eigenvalue weighted by atomic mass is 35.5. The molecule has 0 aliphatic rings. The van der Waals surface area contributed by atoms with E-state index in [0.29, 0.717) is 0 Å². The van der Waals surface area contributed by atoms with Gasteiger partial charge < -0.3 is 5.32 Å². The highest BCUT2D eigenvalue weighted by Crippen LogP contribution is 2.31. The normalized spacial score (nSPS) is 11.0. The first-order valence-corrected chi connectivity index (χ1v) is 7.56. The highest BCUT2D eigenvalue weighted by molar-refractivity contribution is 7.80. The van der Waals surface area contributed by atoms with Crippen molar-refractivity contribution in [3.05, 3.63) is 70.2 Å². The first kappa shape index (κ1) is 18.2. The van der Waals surface area contributed by atoms with Crippen LogP contribution in [0.15, 0.2) is 48.5 Å². The number of rotatable bonds is 3. The summed E-state index contributed by atoms with van der Waals surface area (Å²) in [5.41, 5.74) is -0.504. The van der Waals surface area contributed by atoms with Gasteiger partial charge in [-0.3, -0.25) is 10.1 Å². The van der Waals surface area contributed by atoms with Gasteiger partial charge >= 0.3 is 6.18 Å². The molecule has 3 nitrogen and oxygen atoms in total. The summed E-state index contributed by atoms with van der Waals surface area (Å²) in [6.45, 7) is -0.169. The summed E-state index contributed by atoms with van der Waals surface area (Å²) >= 11 is 10.8. The monoisotopic (exact) mass is 372 g/mol. The van der Waals surface area contributed by atoms with Crippen molar-refractivity contribution >= 4 is 34.8 Å². The second-order valence-corrected chi connectivity index (χ2v) is 5.59. The van der Waals surface area contributed by atoms with Crippen LogP contribution in [-0.4, -0.2) is 11.0 Å². The fourth-order valence-corrected chi connectivity index (χ4v) is 2.37. The molecule has 0 radical (unpaired) electrons. The van der Waals surface area contributed by atoms with Crippen LogP contribution in [0.3, 0.4) is 0 Å². The SMILES string of the molecule is O=C(NC(=S)NCc1ccccc1C(F)(F)F)c1ccccc1Cl. The first-order chi connectivity index (χ1) is 11.3. The number of amides is 1. The molecule has 0 saturated heterocycles. The molecule has 2 aromatic rings. The van der Waals surface area contributed by atoms with Crippen molar-refractivity contribution in [1.82, 2.24) is 10.6 Å². The van der Waals surface area contributed by atoms with Gasteiger partial charge in [-0.2, -0.15) is 13.2 Å². The lowest BCUT2D eigenvalue weighted by Crippen LogP contribution is -2.39. The second-order valence-electron chi connectivity index (χ2n) is 4.77. The van der Waals surface area contributed by atoms with Crippen LogP contribution in [0.1, 0.15) is 21.5 Å². The van der Waals surface area contributed by atoms with Crippen LogP contribution in [0.25, 0.3) is 0 Å². The smallest absolute Gasteiger partial charge is 0.358 e. The molecule has 126 valence electrons. The maximum Gasteiger partial charge on any atom is 0.416 e. The first-order valence-electron chi connectivity index (χ1n) is 6.78. The molecule has 2 rings (SSSR count). The lowest BCUT2D eigenvalue weighted by atomic mass is 10.1. The van der Waals surface area contributed by atoms with E-state index < -0.39 is 17.6 Å². The summed E-state index contributed by atoms with van der Waals surface area (Å²) in [6, 6.07) is 11.5. The molecule has 2 aromatic carbocycles. The van der Waals surface area contributed by atoms with Crippen LogP contribution in [0.5, 0.6) is 0 Å². The number of hydrogen-bond acceptors (Lipinski definition) is 2. The molecule has 0 aliphatic carbocycles. The Kier molecular flexibility index (Phi) is 5.80. The molecule has 0 unspecified atom stereocenters. The van der Waals surface area contributed by atoms with Gasteiger partial charge in [0.1, 0.15) is 0 Å². The number of halogens is 4. The molecule has 0 aromatic heterocycles. The van der Waals surface area contributed by atoms with Gasteiger partial charge in [0.05, 0.1) is 16.1 Å². The van der Waals surface area contributed by atoms with Crippen molar-refractivity contribution in [2.75, 3.05) is 0 Å². The number of carbonyl (C=O) groups excluding carboxylic acids is 1. The van der Waals surface area contributed by atoms with Crippen molar-refractivity contribution in [1.29, 1.82) is 0 Å². The molecule has 0 saturated carbocycles. The van der Waals surface area contributed by atoms with Crippen LogP contribution in [-0.2, 0) is 12.7 Å². The zero-order chi connectivity index (χ0) is 17.7. The van der Waals surface area contributed by atoms with Crippen molar-refractivity contribution in [3.63, 3.8) is 0 Å². The van der Waals surface area contributed by atoms with Crippen LogP contribution in [0.4, 0.5) is 13.2 Å². The predicted molar refractivity (Wildman–Crippen MR) is 89.8 cm³/mol. The molecule has 2 N–H and O–H groups in total. The lowest BCUT2D eigenvalue weighted by Gasteiger charge is -2.14. The van der Waals surface area contributed by atoms with Crippen LogP contribution in [0.2, 0.25) is 5.02 Å². The van der Waals surface area contributed by atoms with Crippen molar-refractivity contribution in [3.8, 4) is 0 Å². The van der Waals surface area contributed by atoms with Crippen molar-refractivity contribution < 1.29 is 18.0 Å². The molecule has 0 bridgehead atoms. The van der Waals surface area contributed by atoms with E-state index in [0.717, 1.165) is 6.07 Å². The number of alkyl halides is 3. The Bertz CT molecular complexity index is 765. The fourth-order valence-electron chi connectivity index (χ4n) is 1.99. The Hall–Kier alpha value is -2.12. The number of nitrogens with one attached hydrogen (secondary N) is 2. The van der Waals surface area contributed by atoms with Crippen molar-refractivity contribution in [2.24, 2.45) is 0 Å². The molecule has 0 aliphatic heterocycles. The summed E-state index contributed by atoms with van der Waals surface area (Å²) < 4.78 is 38.7. The quantitative estimate of drug-likeness (QED) is 0.795. The molecule has 1 amide bonds. The molecule has 0 fully saturated rings. The molecule has 0 spiro atoms. The van der Waals surface area contributed by atoms with Gasteiger partial charge in [-0.15, -0.1) is 0 Å². The molecular weight excluding hydrogens is 361 g/mol. The molecule has 0 heterocycles. The standard InChI is InChI=1S/C16H12ClF3N2OS/c17-13-8-4-2-6-11(13)14(23)22-15(24)21-9-10-5-1-3-7-12(10)16(18,19)20/h1-8H,9H2,(H2,21,22,23,24). The topological polar surface area (TPSA) is 41.1 Å². The van der Waals surface area contributed by atoms with Crippen LogP contribution < -0.4 is 10.6 Å². The third-order valence-corrected chi connectivity index (χ3v) is 3.68. The lowest BCUT2D eigenvalue weighted by molar-refractivity contribution is -0.138. The highest BCUT2D eigenvalue weighted by Gasteiger charge is 2.32. The Morgan fingerprint density at radius 3 is 2.38 bits per heavy atom. The van der Waals surface area contributed by atoms with Gasteiger partial charge in [0.15, 0.2) is 5.11 Å². The maximum atomic E-state index is 12.9. The van der Waals surface area contributed by atoms with Crippen LogP contribution >= 0.6 is 23.8 Å². The van der Waals surface area contributed by atoms with Gasteiger partial charge in [-0.1, -0.05) is 41.9 Å². The number of carbonyl (C=O) groups is 1. The minimum atomic E-state index is -4.46. The summed E-state index contributed by atoms with van der Waals surface area (Å²) in [4.78, 5) is 12.0. The number of hydrogen-bond donors (Lipinski definition) is 2. The van der Waals surface area contributed by atoms with E-state index in [-0.39, 0.29) is 27.8 Å². The summed E-state index contributed by atoms with van der Waals surface area (Å²) in [7, 11) is 0. The fraction of sp³-hybridized carbons (Fsp3) is 0.125. The average molecular weight is 373 g/mol. The Labute approximate surface area is 146 Å². The molecule has 24 heavy (non-hydrogen) atoms. The van der Waals surface area contributed by atoms with E-state index in [9.17, 15) is 18.0 Å². The van der Waals surface area contributed by atoms with E-state index in [2.05, 4.69) is 10.6 Å². The van der Waals surface area contributed by atoms with E-state index >= 15 is 0 Å². The summed E-state index contributed by atoms with van der Waals surface area (Å²) in [6.07, 6.45) is -4.46. The molecular formula is C16H12ClF3N2OS. The van der Waals surface area contributed by atoms with E-state index in [1.54, 1.807) is 18.2 Å². The number of benzene rings is 2. The van der Waals surface area contributed by atoms with Gasteiger partial charge in [-0.05, 0) is 36.0 Å². The van der Waals surface area contributed by atoms with Crippen molar-refractivity contribution in [2.45, 2.75) is 12.7 Å². The van der Waals surface area contributed by atoms with E-state index in [1.807, 2.05) is 0 Å². The van der Waals surface area contributed by atoms with Gasteiger partial charge in [0.2, 0.25) is 0 Å². The maximum absolute atomic E-state index is 12.9. The summed E-state index contributed by atoms with van der Waals surface area (Å²) in [5.74, 6) is -0.540. The third kappa shape index (κ3) is 4.69. The zero-order valence-electron chi connectivity index (χ0n) is 12.2.